The highest BCUT2D eigenvalue weighted by Crippen LogP contribution is 2.20. The molecule has 0 spiro atoms. The van der Waals surface area contributed by atoms with E-state index in [0.717, 1.165) is 17.5 Å². The Kier molecular flexibility index (Phi) is 7.64. The summed E-state index contributed by atoms with van der Waals surface area (Å²) in [6.45, 7) is 5.03. The number of benzene rings is 2. The number of nitrogens with one attached hydrogen (secondary N) is 1. The molecule has 0 bridgehead atoms. The molecule has 32 heavy (non-hydrogen) atoms. The van der Waals surface area contributed by atoms with Crippen molar-refractivity contribution >= 4 is 17.8 Å². The molecule has 7 heteroatoms. The number of carbonyl (C=O) groups excluding carboxylic acids is 1. The number of rotatable bonds is 9. The fourth-order valence-electron chi connectivity index (χ4n) is 4.04. The van der Waals surface area contributed by atoms with Crippen molar-refractivity contribution < 1.29 is 24.6 Å². The lowest BCUT2D eigenvalue weighted by Gasteiger charge is -2.29. The third-order valence-electron chi connectivity index (χ3n) is 5.76. The predicted octanol–water partition coefficient (Wildman–Crippen LogP) is 2.97. The van der Waals surface area contributed by atoms with Gasteiger partial charge in [-0.15, -0.1) is 0 Å². The first-order valence-corrected chi connectivity index (χ1v) is 10.9. The summed E-state index contributed by atoms with van der Waals surface area (Å²) in [5, 5.41) is 21.7. The molecule has 0 saturated heterocycles. The van der Waals surface area contributed by atoms with Crippen molar-refractivity contribution in [1.29, 1.82) is 0 Å². The Bertz CT molecular complexity index is 971. The van der Waals surface area contributed by atoms with Crippen LogP contribution in [0.25, 0.3) is 0 Å². The Morgan fingerprint density at radius 3 is 2.16 bits per heavy atom. The lowest BCUT2D eigenvalue weighted by Crippen LogP contribution is -2.48. The highest BCUT2D eigenvalue weighted by molar-refractivity contribution is 5.94. The van der Waals surface area contributed by atoms with Crippen molar-refractivity contribution in [2.24, 2.45) is 5.92 Å². The number of amides is 1. The number of aliphatic carboxylic acids is 2. The molecule has 0 saturated carbocycles. The summed E-state index contributed by atoms with van der Waals surface area (Å²) in [4.78, 5) is 38.0. The summed E-state index contributed by atoms with van der Waals surface area (Å²) in [6, 6.07) is 13.0. The summed E-state index contributed by atoms with van der Waals surface area (Å²) in [6.07, 6.45) is 1.29. The van der Waals surface area contributed by atoms with Gasteiger partial charge < -0.3 is 15.1 Å². The molecule has 0 radical (unpaired) electrons. The van der Waals surface area contributed by atoms with Crippen molar-refractivity contribution in [3.8, 4) is 0 Å². The van der Waals surface area contributed by atoms with Gasteiger partial charge in [0.2, 0.25) is 0 Å². The molecule has 2 aromatic rings. The van der Waals surface area contributed by atoms with Crippen LogP contribution >= 0.6 is 0 Å². The Balaban J connectivity index is 1.65. The van der Waals surface area contributed by atoms with Gasteiger partial charge in [0.15, 0.2) is 0 Å². The minimum absolute atomic E-state index is 0.0539. The van der Waals surface area contributed by atoms with Crippen LogP contribution in [0, 0.1) is 5.92 Å². The summed E-state index contributed by atoms with van der Waals surface area (Å²) < 4.78 is 0. The maximum Gasteiger partial charge on any atom is 0.321 e. The minimum atomic E-state index is -1.10. The zero-order valence-electron chi connectivity index (χ0n) is 18.5. The zero-order chi connectivity index (χ0) is 23.3. The molecule has 170 valence electrons. The van der Waals surface area contributed by atoms with E-state index < -0.39 is 24.0 Å². The number of carboxylic acid groups (broad SMARTS) is 2. The lowest BCUT2D eigenvalue weighted by atomic mass is 9.98. The average Bonchev–Trinajstić information content (AvgIpc) is 2.77. The van der Waals surface area contributed by atoms with Gasteiger partial charge in [0, 0.05) is 18.7 Å². The Morgan fingerprint density at radius 1 is 0.938 bits per heavy atom. The van der Waals surface area contributed by atoms with Gasteiger partial charge in [0.05, 0.1) is 0 Å². The first-order valence-electron chi connectivity index (χ1n) is 10.9. The van der Waals surface area contributed by atoms with Crippen LogP contribution in [-0.4, -0.2) is 51.6 Å². The lowest BCUT2D eigenvalue weighted by molar-refractivity contribution is -0.142. The molecule has 0 aliphatic carbocycles. The van der Waals surface area contributed by atoms with E-state index >= 15 is 0 Å². The fraction of sp³-hybridized carbons (Fsp3) is 0.400. The van der Waals surface area contributed by atoms with E-state index in [-0.39, 0.29) is 18.2 Å². The number of hydrogen-bond acceptors (Lipinski definition) is 4. The van der Waals surface area contributed by atoms with Gasteiger partial charge >= 0.3 is 11.9 Å². The third-order valence-corrected chi connectivity index (χ3v) is 5.76. The summed E-state index contributed by atoms with van der Waals surface area (Å²) in [5.41, 5.74) is 3.71. The van der Waals surface area contributed by atoms with Gasteiger partial charge in [0.1, 0.15) is 12.1 Å². The molecule has 1 aliphatic heterocycles. The van der Waals surface area contributed by atoms with E-state index in [4.69, 9.17) is 0 Å². The molecule has 1 aliphatic rings. The quantitative estimate of drug-likeness (QED) is 0.556. The molecule has 3 N–H and O–H groups in total. The largest absolute Gasteiger partial charge is 0.480 e. The minimum Gasteiger partial charge on any atom is -0.480 e. The molecule has 1 heterocycles. The maximum absolute atomic E-state index is 12.9. The standard InChI is InChI=1S/C25H30N2O5/c1-16(2)13-21(24(29)30)26-22(25(31)32)14-17-7-9-19(10-8-17)23(28)27-12-11-18-5-3-4-6-20(18)15-27/h3-10,16,21-22,26H,11-15H2,1-2H3,(H,29,30)(H,31,32). The maximum atomic E-state index is 12.9. The summed E-state index contributed by atoms with van der Waals surface area (Å²) in [5.74, 6) is -2.10. The molecule has 2 aromatic carbocycles. The molecule has 2 unspecified atom stereocenters. The Labute approximate surface area is 188 Å². The number of carbonyl (C=O) groups is 3. The first kappa shape index (κ1) is 23.5. The van der Waals surface area contributed by atoms with Gasteiger partial charge in [-0.05, 0) is 54.0 Å². The summed E-state index contributed by atoms with van der Waals surface area (Å²) in [7, 11) is 0. The van der Waals surface area contributed by atoms with Crippen molar-refractivity contribution in [2.75, 3.05) is 6.54 Å². The molecule has 7 nitrogen and oxygen atoms in total. The van der Waals surface area contributed by atoms with Crippen LogP contribution in [0.5, 0.6) is 0 Å². The first-order chi connectivity index (χ1) is 15.2. The highest BCUT2D eigenvalue weighted by Gasteiger charge is 2.27. The van der Waals surface area contributed by atoms with Crippen LogP contribution < -0.4 is 5.32 Å². The highest BCUT2D eigenvalue weighted by atomic mass is 16.4. The second-order valence-electron chi connectivity index (χ2n) is 8.72. The number of fused-ring (bicyclic) bond motifs is 1. The van der Waals surface area contributed by atoms with Crippen LogP contribution in [0.15, 0.2) is 48.5 Å². The second-order valence-corrected chi connectivity index (χ2v) is 8.72. The van der Waals surface area contributed by atoms with E-state index in [9.17, 15) is 24.6 Å². The molecule has 0 aromatic heterocycles. The number of carboxylic acids is 2. The van der Waals surface area contributed by atoms with Gasteiger partial charge in [-0.1, -0.05) is 50.2 Å². The zero-order valence-corrected chi connectivity index (χ0v) is 18.5. The molecular weight excluding hydrogens is 408 g/mol. The molecule has 2 atom stereocenters. The molecular formula is C25H30N2O5. The van der Waals surface area contributed by atoms with Crippen LogP contribution in [-0.2, 0) is 29.0 Å². The number of hydrogen-bond donors (Lipinski definition) is 3. The Hall–Kier alpha value is -3.19. The van der Waals surface area contributed by atoms with Crippen LogP contribution in [0.4, 0.5) is 0 Å². The summed E-state index contributed by atoms with van der Waals surface area (Å²) >= 11 is 0. The molecule has 3 rings (SSSR count). The van der Waals surface area contributed by atoms with E-state index in [1.54, 1.807) is 24.3 Å². The monoisotopic (exact) mass is 438 g/mol. The van der Waals surface area contributed by atoms with Crippen molar-refractivity contribution in [3.05, 3.63) is 70.8 Å². The SMILES string of the molecule is CC(C)CC(NC(Cc1ccc(C(=O)N2CCc3ccccc3C2)cc1)C(=O)O)C(=O)O. The average molecular weight is 439 g/mol. The van der Waals surface area contributed by atoms with Crippen molar-refractivity contribution in [1.82, 2.24) is 10.2 Å². The van der Waals surface area contributed by atoms with E-state index in [1.807, 2.05) is 36.9 Å². The smallest absolute Gasteiger partial charge is 0.321 e. The van der Waals surface area contributed by atoms with Crippen molar-refractivity contribution in [3.63, 3.8) is 0 Å². The van der Waals surface area contributed by atoms with Gasteiger partial charge in [-0.25, -0.2) is 0 Å². The number of nitrogens with zero attached hydrogens (tertiary/aromatic N) is 1. The van der Waals surface area contributed by atoms with E-state index in [1.165, 1.54) is 5.56 Å². The fourth-order valence-corrected chi connectivity index (χ4v) is 4.04. The topological polar surface area (TPSA) is 107 Å². The van der Waals surface area contributed by atoms with Crippen LogP contribution in [0.2, 0.25) is 0 Å². The van der Waals surface area contributed by atoms with Crippen LogP contribution in [0.3, 0.4) is 0 Å². The van der Waals surface area contributed by atoms with E-state index in [2.05, 4.69) is 11.4 Å². The van der Waals surface area contributed by atoms with Gasteiger partial charge in [0.25, 0.3) is 5.91 Å². The normalized spacial score (nSPS) is 15.2. The van der Waals surface area contributed by atoms with Gasteiger partial charge in [-0.3, -0.25) is 19.7 Å². The van der Waals surface area contributed by atoms with Crippen LogP contribution in [0.1, 0.15) is 47.3 Å². The Morgan fingerprint density at radius 2 is 1.56 bits per heavy atom. The molecule has 0 fully saturated rings. The van der Waals surface area contributed by atoms with Crippen molar-refractivity contribution in [2.45, 2.75) is 51.7 Å². The molecule has 1 amide bonds. The van der Waals surface area contributed by atoms with Gasteiger partial charge in [-0.2, -0.15) is 0 Å². The second kappa shape index (κ2) is 10.4. The van der Waals surface area contributed by atoms with E-state index in [0.29, 0.717) is 25.1 Å². The predicted molar refractivity (Wildman–Crippen MR) is 120 cm³/mol. The third kappa shape index (κ3) is 5.95.